The molecular formula is C11H7ClF4N2. The van der Waals surface area contributed by atoms with Crippen molar-refractivity contribution >= 4 is 28.2 Å². The number of fused-ring (bicyclic) bond motifs is 1. The number of hydrogen-bond acceptors (Lipinski definition) is 2. The van der Waals surface area contributed by atoms with E-state index < -0.39 is 23.2 Å². The molecule has 0 aliphatic heterocycles. The van der Waals surface area contributed by atoms with Gasteiger partial charge in [-0.25, -0.2) is 9.37 Å². The lowest BCUT2D eigenvalue weighted by atomic mass is 10.1. The van der Waals surface area contributed by atoms with Gasteiger partial charge in [0.2, 0.25) is 0 Å². The highest BCUT2D eigenvalue weighted by atomic mass is 35.5. The zero-order valence-electron chi connectivity index (χ0n) is 9.07. The van der Waals surface area contributed by atoms with Gasteiger partial charge in [0.25, 0.3) is 0 Å². The van der Waals surface area contributed by atoms with E-state index >= 15 is 0 Å². The molecule has 1 heterocycles. The first kappa shape index (κ1) is 12.9. The van der Waals surface area contributed by atoms with Crippen LogP contribution in [0.2, 0.25) is 5.02 Å². The highest BCUT2D eigenvalue weighted by Crippen LogP contribution is 2.36. The minimum Gasteiger partial charge on any atom is -0.387 e. The molecule has 2 rings (SSSR count). The summed E-state index contributed by atoms with van der Waals surface area (Å²) in [5.41, 5.74) is -1.49. The Morgan fingerprint density at radius 2 is 1.94 bits per heavy atom. The van der Waals surface area contributed by atoms with Crippen LogP contribution < -0.4 is 5.32 Å². The Hall–Kier alpha value is -1.56. The number of rotatable bonds is 1. The molecule has 0 fully saturated rings. The quantitative estimate of drug-likeness (QED) is 0.795. The monoisotopic (exact) mass is 278 g/mol. The molecular weight excluding hydrogens is 272 g/mol. The molecule has 2 aromatic rings. The molecule has 0 aliphatic carbocycles. The normalized spacial score (nSPS) is 11.9. The lowest BCUT2D eigenvalue weighted by molar-refractivity contribution is -0.140. The molecule has 0 radical (unpaired) electrons. The minimum absolute atomic E-state index is 0.0804. The van der Waals surface area contributed by atoms with Gasteiger partial charge in [0, 0.05) is 18.1 Å². The van der Waals surface area contributed by atoms with Crippen LogP contribution in [0, 0.1) is 5.82 Å². The van der Waals surface area contributed by atoms with Crippen LogP contribution in [0.5, 0.6) is 0 Å². The number of hydrogen-bond donors (Lipinski definition) is 1. The fourth-order valence-corrected chi connectivity index (χ4v) is 1.86. The largest absolute Gasteiger partial charge is 0.433 e. The van der Waals surface area contributed by atoms with E-state index in [-0.39, 0.29) is 16.1 Å². The average molecular weight is 279 g/mol. The summed E-state index contributed by atoms with van der Waals surface area (Å²) in [5.74, 6) is -0.850. The second-order valence-corrected chi connectivity index (χ2v) is 3.96. The Morgan fingerprint density at radius 1 is 1.28 bits per heavy atom. The number of alkyl halides is 3. The molecule has 7 heteroatoms. The van der Waals surface area contributed by atoms with Gasteiger partial charge in [0.15, 0.2) is 0 Å². The summed E-state index contributed by atoms with van der Waals surface area (Å²) in [6.45, 7) is 0. The van der Waals surface area contributed by atoms with E-state index in [1.165, 1.54) is 13.1 Å². The molecule has 18 heavy (non-hydrogen) atoms. The third-order valence-corrected chi connectivity index (χ3v) is 2.74. The van der Waals surface area contributed by atoms with Crippen molar-refractivity contribution in [3.05, 3.63) is 34.7 Å². The predicted molar refractivity (Wildman–Crippen MR) is 61.3 cm³/mol. The Labute approximate surface area is 105 Å². The van der Waals surface area contributed by atoms with Gasteiger partial charge in [-0.3, -0.25) is 0 Å². The number of nitrogens with one attached hydrogen (secondary N) is 1. The number of anilines is 1. The standard InChI is InChI=1S/C11H7ClF4N2/c1-17-7-4-8(11(14,15)16)18-10-6(13)3-2-5(12)9(7)10/h2-4H,1H3,(H,17,18). The molecule has 2 nitrogen and oxygen atoms in total. The molecule has 0 spiro atoms. The van der Waals surface area contributed by atoms with Crippen molar-refractivity contribution in [2.45, 2.75) is 6.18 Å². The summed E-state index contributed by atoms with van der Waals surface area (Å²) in [6.07, 6.45) is -4.64. The van der Waals surface area contributed by atoms with Gasteiger partial charge in [0.1, 0.15) is 17.0 Å². The van der Waals surface area contributed by atoms with E-state index in [9.17, 15) is 17.6 Å². The molecule has 0 unspecified atom stereocenters. The average Bonchev–Trinajstić information content (AvgIpc) is 2.31. The summed E-state index contributed by atoms with van der Waals surface area (Å²) in [4.78, 5) is 3.29. The van der Waals surface area contributed by atoms with Crippen LogP contribution in [0.4, 0.5) is 23.2 Å². The molecule has 1 N–H and O–H groups in total. The lowest BCUT2D eigenvalue weighted by Gasteiger charge is -2.12. The molecule has 0 atom stereocenters. The summed E-state index contributed by atoms with van der Waals surface area (Å²) >= 11 is 5.85. The maximum atomic E-state index is 13.5. The van der Waals surface area contributed by atoms with Crippen LogP contribution in [0.3, 0.4) is 0 Å². The number of aromatic nitrogens is 1. The van der Waals surface area contributed by atoms with Crippen molar-refractivity contribution < 1.29 is 17.6 Å². The van der Waals surface area contributed by atoms with Gasteiger partial charge in [-0.2, -0.15) is 13.2 Å². The summed E-state index contributed by atoms with van der Waals surface area (Å²) in [6, 6.07) is 3.06. The van der Waals surface area contributed by atoms with Gasteiger partial charge < -0.3 is 5.32 Å². The molecule has 1 aromatic carbocycles. The maximum absolute atomic E-state index is 13.5. The molecule has 0 saturated carbocycles. The van der Waals surface area contributed by atoms with Crippen molar-refractivity contribution in [1.29, 1.82) is 0 Å². The fourth-order valence-electron chi connectivity index (χ4n) is 1.61. The van der Waals surface area contributed by atoms with Crippen LogP contribution in [-0.2, 0) is 6.18 Å². The van der Waals surface area contributed by atoms with E-state index in [0.29, 0.717) is 0 Å². The van der Waals surface area contributed by atoms with Crippen molar-refractivity contribution in [2.24, 2.45) is 0 Å². The Kier molecular flexibility index (Phi) is 3.06. The number of pyridine rings is 1. The van der Waals surface area contributed by atoms with E-state index in [2.05, 4.69) is 10.3 Å². The van der Waals surface area contributed by atoms with E-state index in [0.717, 1.165) is 12.1 Å². The van der Waals surface area contributed by atoms with Crippen molar-refractivity contribution in [2.75, 3.05) is 12.4 Å². The first-order chi connectivity index (χ1) is 8.34. The van der Waals surface area contributed by atoms with E-state index in [4.69, 9.17) is 11.6 Å². The summed E-state index contributed by atoms with van der Waals surface area (Å²) < 4.78 is 51.4. The SMILES string of the molecule is CNc1cc(C(F)(F)F)nc2c(F)ccc(Cl)c12. The Bertz CT molecular complexity index is 610. The van der Waals surface area contributed by atoms with E-state index in [1.54, 1.807) is 0 Å². The number of nitrogens with zero attached hydrogens (tertiary/aromatic N) is 1. The van der Waals surface area contributed by atoms with Crippen molar-refractivity contribution in [3.63, 3.8) is 0 Å². The topological polar surface area (TPSA) is 24.9 Å². The summed E-state index contributed by atoms with van der Waals surface area (Å²) in [7, 11) is 1.43. The molecule has 0 saturated heterocycles. The smallest absolute Gasteiger partial charge is 0.387 e. The van der Waals surface area contributed by atoms with E-state index in [1.807, 2.05) is 0 Å². The maximum Gasteiger partial charge on any atom is 0.433 e. The molecule has 0 amide bonds. The van der Waals surface area contributed by atoms with Crippen molar-refractivity contribution in [3.8, 4) is 0 Å². The second-order valence-electron chi connectivity index (χ2n) is 3.56. The van der Waals surface area contributed by atoms with Crippen LogP contribution in [0.15, 0.2) is 18.2 Å². The molecule has 1 aromatic heterocycles. The van der Waals surface area contributed by atoms with Gasteiger partial charge in [-0.15, -0.1) is 0 Å². The first-order valence-corrected chi connectivity index (χ1v) is 5.26. The highest BCUT2D eigenvalue weighted by molar-refractivity contribution is 6.36. The number of halogens is 5. The third kappa shape index (κ3) is 2.08. The van der Waals surface area contributed by atoms with Gasteiger partial charge in [-0.1, -0.05) is 11.6 Å². The lowest BCUT2D eigenvalue weighted by Crippen LogP contribution is -2.09. The van der Waals surface area contributed by atoms with Gasteiger partial charge in [0.05, 0.1) is 5.02 Å². The minimum atomic E-state index is -4.64. The molecule has 96 valence electrons. The third-order valence-electron chi connectivity index (χ3n) is 2.42. The predicted octanol–water partition coefficient (Wildman–Crippen LogP) is 4.09. The van der Waals surface area contributed by atoms with Crippen LogP contribution in [-0.4, -0.2) is 12.0 Å². The molecule has 0 aliphatic rings. The number of benzene rings is 1. The Balaban J connectivity index is 2.88. The fraction of sp³-hybridized carbons (Fsp3) is 0.182. The van der Waals surface area contributed by atoms with Gasteiger partial charge >= 0.3 is 6.18 Å². The zero-order valence-corrected chi connectivity index (χ0v) is 9.83. The zero-order chi connectivity index (χ0) is 13.5. The second kappa shape index (κ2) is 4.28. The van der Waals surface area contributed by atoms with Crippen LogP contribution in [0.1, 0.15) is 5.69 Å². The first-order valence-electron chi connectivity index (χ1n) is 4.88. The van der Waals surface area contributed by atoms with Crippen LogP contribution >= 0.6 is 11.6 Å². The van der Waals surface area contributed by atoms with Gasteiger partial charge in [-0.05, 0) is 18.2 Å². The molecule has 0 bridgehead atoms. The van der Waals surface area contributed by atoms with Crippen molar-refractivity contribution in [1.82, 2.24) is 4.98 Å². The summed E-state index contributed by atoms with van der Waals surface area (Å²) in [5, 5.41) is 2.83. The van der Waals surface area contributed by atoms with Crippen LogP contribution in [0.25, 0.3) is 10.9 Å². The highest BCUT2D eigenvalue weighted by Gasteiger charge is 2.34. The Morgan fingerprint density at radius 3 is 2.50 bits per heavy atom.